The maximum absolute atomic E-state index is 12.5. The topological polar surface area (TPSA) is 81.9 Å². The van der Waals surface area contributed by atoms with Crippen LogP contribution in [0.4, 0.5) is 5.13 Å². The van der Waals surface area contributed by atoms with E-state index in [2.05, 4.69) is 20.5 Å². The van der Waals surface area contributed by atoms with E-state index in [1.807, 2.05) is 79.2 Å². The second-order valence-electron chi connectivity index (χ2n) is 7.50. The Bertz CT molecular complexity index is 1280. The van der Waals surface area contributed by atoms with Crippen LogP contribution in [0.15, 0.2) is 59.1 Å². The van der Waals surface area contributed by atoms with Crippen LogP contribution in [0.2, 0.25) is 5.02 Å². The predicted molar refractivity (Wildman–Crippen MR) is 138 cm³/mol. The fourth-order valence-corrected chi connectivity index (χ4v) is 4.97. The number of anilines is 1. The maximum Gasteiger partial charge on any atom is 0.236 e. The van der Waals surface area contributed by atoms with Gasteiger partial charge in [-0.05, 0) is 44.5 Å². The van der Waals surface area contributed by atoms with Crippen molar-refractivity contribution in [3.63, 3.8) is 0 Å². The highest BCUT2D eigenvalue weighted by Crippen LogP contribution is 2.28. The molecular weight excluding hydrogens is 490 g/mol. The monoisotopic (exact) mass is 513 g/mol. The maximum atomic E-state index is 12.5. The Morgan fingerprint density at radius 1 is 1.24 bits per heavy atom. The second kappa shape index (κ2) is 11.0. The summed E-state index contributed by atoms with van der Waals surface area (Å²) < 4.78 is 8.02. The first kappa shape index (κ1) is 24.3. The number of rotatable bonds is 9. The van der Waals surface area contributed by atoms with Crippen LogP contribution in [0.25, 0.3) is 11.3 Å². The van der Waals surface area contributed by atoms with E-state index in [-0.39, 0.29) is 17.8 Å². The molecule has 2 aromatic heterocycles. The molecule has 2 heterocycles. The van der Waals surface area contributed by atoms with Gasteiger partial charge in [-0.15, -0.1) is 21.5 Å². The molecule has 0 bridgehead atoms. The van der Waals surface area contributed by atoms with E-state index >= 15 is 0 Å². The highest BCUT2D eigenvalue weighted by molar-refractivity contribution is 7.99. The molecule has 10 heteroatoms. The van der Waals surface area contributed by atoms with Gasteiger partial charge < -0.3 is 14.6 Å². The third-order valence-electron chi connectivity index (χ3n) is 5.02. The first-order chi connectivity index (χ1) is 16.4. The molecule has 176 valence electrons. The zero-order valence-corrected chi connectivity index (χ0v) is 21.4. The zero-order chi connectivity index (χ0) is 24.1. The van der Waals surface area contributed by atoms with Crippen molar-refractivity contribution in [2.45, 2.75) is 38.6 Å². The predicted octanol–water partition coefficient (Wildman–Crippen LogP) is 6.25. The van der Waals surface area contributed by atoms with Gasteiger partial charge >= 0.3 is 0 Å². The van der Waals surface area contributed by atoms with Crippen LogP contribution >= 0.6 is 34.7 Å². The summed E-state index contributed by atoms with van der Waals surface area (Å²) in [5, 5.41) is 15.3. The van der Waals surface area contributed by atoms with Crippen molar-refractivity contribution in [1.29, 1.82) is 0 Å². The van der Waals surface area contributed by atoms with Crippen LogP contribution in [-0.2, 0) is 11.3 Å². The van der Waals surface area contributed by atoms with Crippen molar-refractivity contribution in [1.82, 2.24) is 19.7 Å². The molecule has 34 heavy (non-hydrogen) atoms. The third-order valence-corrected chi connectivity index (χ3v) is 7.17. The highest BCUT2D eigenvalue weighted by atomic mass is 35.5. The van der Waals surface area contributed by atoms with Crippen molar-refractivity contribution in [2.75, 3.05) is 11.1 Å². The van der Waals surface area contributed by atoms with Gasteiger partial charge in [-0.2, -0.15) is 0 Å². The zero-order valence-electron chi connectivity index (χ0n) is 19.0. The van der Waals surface area contributed by atoms with E-state index in [0.717, 1.165) is 16.8 Å². The van der Waals surface area contributed by atoms with Crippen LogP contribution in [0.3, 0.4) is 0 Å². The molecule has 0 aliphatic heterocycles. The number of aryl methyl sites for hydroxylation is 1. The molecule has 0 fully saturated rings. The molecule has 4 aromatic rings. The van der Waals surface area contributed by atoms with Crippen molar-refractivity contribution < 1.29 is 9.53 Å². The minimum absolute atomic E-state index is 0.146. The summed E-state index contributed by atoms with van der Waals surface area (Å²) in [6.45, 7) is 6.53. The Labute approximate surface area is 211 Å². The number of thioether (sulfide) groups is 1. The van der Waals surface area contributed by atoms with Gasteiger partial charge in [-0.25, -0.2) is 4.98 Å². The average molecular weight is 514 g/mol. The summed E-state index contributed by atoms with van der Waals surface area (Å²) in [6.07, 6.45) is -0.317. The summed E-state index contributed by atoms with van der Waals surface area (Å²) in [6, 6.07) is 15.4. The summed E-state index contributed by atoms with van der Waals surface area (Å²) >= 11 is 8.84. The Hall–Kier alpha value is -2.88. The molecule has 0 aliphatic carbocycles. The number of amides is 1. The lowest BCUT2D eigenvalue weighted by molar-refractivity contribution is -0.113. The van der Waals surface area contributed by atoms with Gasteiger partial charge in [-0.1, -0.05) is 53.7 Å². The van der Waals surface area contributed by atoms with E-state index in [1.54, 1.807) is 0 Å². The van der Waals surface area contributed by atoms with Gasteiger partial charge in [-0.3, -0.25) is 4.79 Å². The standard InChI is InChI=1S/C24H24ClN5O2S2/c1-4-30-22(16(3)32-18-10-11-19(25)15(2)12-18)28-29-24(30)34-14-21(31)27-23-26-20(13-33-23)17-8-6-5-7-9-17/h5-13,16H,4,14H2,1-3H3,(H,26,27,31). The minimum atomic E-state index is -0.317. The smallest absolute Gasteiger partial charge is 0.236 e. The quantitative estimate of drug-likeness (QED) is 0.266. The summed E-state index contributed by atoms with van der Waals surface area (Å²) in [7, 11) is 0. The van der Waals surface area contributed by atoms with E-state index in [9.17, 15) is 4.79 Å². The van der Waals surface area contributed by atoms with E-state index in [1.165, 1.54) is 23.1 Å². The van der Waals surface area contributed by atoms with E-state index in [4.69, 9.17) is 16.3 Å². The largest absolute Gasteiger partial charge is 0.483 e. The number of hydrogen-bond donors (Lipinski definition) is 1. The Morgan fingerprint density at radius 2 is 2.03 bits per heavy atom. The van der Waals surface area contributed by atoms with Crippen LogP contribution in [0.1, 0.15) is 31.3 Å². The summed E-state index contributed by atoms with van der Waals surface area (Å²) in [5.41, 5.74) is 2.80. The minimum Gasteiger partial charge on any atom is -0.483 e. The molecule has 4 rings (SSSR count). The van der Waals surface area contributed by atoms with Gasteiger partial charge in [0.25, 0.3) is 0 Å². The molecule has 1 atom stereocenters. The van der Waals surface area contributed by atoms with Gasteiger partial charge in [0.2, 0.25) is 5.91 Å². The number of nitrogens with one attached hydrogen (secondary N) is 1. The van der Waals surface area contributed by atoms with Gasteiger partial charge in [0.15, 0.2) is 22.2 Å². The van der Waals surface area contributed by atoms with Crippen LogP contribution < -0.4 is 10.1 Å². The fraction of sp³-hybridized carbons (Fsp3) is 0.250. The Kier molecular flexibility index (Phi) is 7.87. The number of thiazole rings is 1. The number of nitrogens with zero attached hydrogens (tertiary/aromatic N) is 4. The molecular formula is C24H24ClN5O2S2. The molecule has 0 radical (unpaired) electrons. The van der Waals surface area contributed by atoms with Crippen molar-refractivity contribution in [2.24, 2.45) is 0 Å². The molecule has 0 spiro atoms. The van der Waals surface area contributed by atoms with Crippen molar-refractivity contribution in [3.05, 3.63) is 70.3 Å². The van der Waals surface area contributed by atoms with Crippen LogP contribution in [-0.4, -0.2) is 31.4 Å². The van der Waals surface area contributed by atoms with Crippen molar-refractivity contribution in [3.8, 4) is 17.0 Å². The normalized spacial score (nSPS) is 11.9. The lowest BCUT2D eigenvalue weighted by atomic mass is 10.2. The number of ether oxygens (including phenoxy) is 1. The van der Waals surface area contributed by atoms with Crippen LogP contribution in [0, 0.1) is 6.92 Å². The molecule has 1 N–H and O–H groups in total. The first-order valence-corrected chi connectivity index (χ1v) is 13.0. The van der Waals surface area contributed by atoms with E-state index in [0.29, 0.717) is 33.4 Å². The number of benzene rings is 2. The molecule has 2 aromatic carbocycles. The first-order valence-electron chi connectivity index (χ1n) is 10.7. The molecule has 0 saturated carbocycles. The lowest BCUT2D eigenvalue weighted by Gasteiger charge is -2.16. The Balaban J connectivity index is 1.36. The van der Waals surface area contributed by atoms with Gasteiger partial charge in [0, 0.05) is 22.5 Å². The van der Waals surface area contributed by atoms with Crippen LogP contribution in [0.5, 0.6) is 5.75 Å². The molecule has 0 saturated heterocycles. The molecule has 1 unspecified atom stereocenters. The number of hydrogen-bond acceptors (Lipinski definition) is 7. The third kappa shape index (κ3) is 5.78. The lowest BCUT2D eigenvalue weighted by Crippen LogP contribution is -2.15. The number of aromatic nitrogens is 4. The SMILES string of the molecule is CCn1c(SCC(=O)Nc2nc(-c3ccccc3)cs2)nnc1C(C)Oc1ccc(Cl)c(C)c1. The number of halogens is 1. The highest BCUT2D eigenvalue weighted by Gasteiger charge is 2.20. The number of carbonyl (C=O) groups excluding carboxylic acids is 1. The average Bonchev–Trinajstić information content (AvgIpc) is 3.47. The van der Waals surface area contributed by atoms with Gasteiger partial charge in [0.05, 0.1) is 11.4 Å². The van der Waals surface area contributed by atoms with E-state index < -0.39 is 0 Å². The van der Waals surface area contributed by atoms with Crippen molar-refractivity contribution >= 4 is 45.7 Å². The summed E-state index contributed by atoms with van der Waals surface area (Å²) in [4.78, 5) is 17.0. The molecule has 0 aliphatic rings. The fourth-order valence-electron chi connectivity index (χ4n) is 3.31. The summed E-state index contributed by atoms with van der Waals surface area (Å²) in [5.74, 6) is 1.47. The molecule has 1 amide bonds. The second-order valence-corrected chi connectivity index (χ2v) is 9.70. The number of carbonyl (C=O) groups is 1. The Morgan fingerprint density at radius 3 is 2.76 bits per heavy atom. The molecule has 7 nitrogen and oxygen atoms in total. The van der Waals surface area contributed by atoms with Gasteiger partial charge in [0.1, 0.15) is 5.75 Å².